The smallest absolute Gasteiger partial charge is 0.347 e. The third kappa shape index (κ3) is 5.18. The van der Waals surface area contributed by atoms with Gasteiger partial charge in [-0.3, -0.25) is 0 Å². The van der Waals surface area contributed by atoms with Gasteiger partial charge in [0.05, 0.1) is 12.3 Å². The van der Waals surface area contributed by atoms with Gasteiger partial charge in [0.15, 0.2) is 6.10 Å². The Morgan fingerprint density at radius 2 is 2.00 bits per heavy atom. The summed E-state index contributed by atoms with van der Waals surface area (Å²) in [5.41, 5.74) is 5.33. The van der Waals surface area contributed by atoms with Crippen molar-refractivity contribution in [3.63, 3.8) is 0 Å². The van der Waals surface area contributed by atoms with Gasteiger partial charge in [0.2, 0.25) is 11.8 Å². The number of rotatable bonds is 8. The number of carbonyl (C=O) groups is 1. The predicted octanol–water partition coefficient (Wildman–Crippen LogP) is 4.00. The van der Waals surface area contributed by atoms with E-state index >= 15 is 0 Å². The highest BCUT2D eigenvalue weighted by atomic mass is 35.5. The van der Waals surface area contributed by atoms with Crippen LogP contribution in [0.4, 0.5) is 10.1 Å². The number of ether oxygens (including phenoxy) is 2. The Labute approximate surface area is 138 Å². The molecule has 0 aliphatic heterocycles. The largest absolute Gasteiger partial charge is 0.463 e. The zero-order valence-corrected chi connectivity index (χ0v) is 14.0. The zero-order chi connectivity index (χ0) is 16.7. The molecule has 124 valence electrons. The molecule has 0 spiro atoms. The molecule has 22 heavy (non-hydrogen) atoms. The Hall–Kier alpha value is -1.27. The molecule has 0 saturated heterocycles. The molecule has 0 unspecified atom stereocenters. The molecule has 0 fully saturated rings. The summed E-state index contributed by atoms with van der Waals surface area (Å²) in [4.78, 5) is 15.2. The number of esters is 1. The van der Waals surface area contributed by atoms with E-state index in [4.69, 9.17) is 38.4 Å². The van der Waals surface area contributed by atoms with Gasteiger partial charge in [-0.15, -0.1) is 0 Å². The fourth-order valence-electron chi connectivity index (χ4n) is 1.62. The Morgan fingerprint density at radius 3 is 2.64 bits per heavy atom. The number of unbranched alkanes of at least 4 members (excludes halogenated alkanes) is 3. The first-order valence-electron chi connectivity index (χ1n) is 7.01. The van der Waals surface area contributed by atoms with E-state index in [0.717, 1.165) is 25.7 Å². The molecule has 8 heteroatoms. The zero-order valence-electron chi connectivity index (χ0n) is 12.5. The highest BCUT2D eigenvalue weighted by Crippen LogP contribution is 2.35. The predicted molar refractivity (Wildman–Crippen MR) is 83.8 cm³/mol. The molecule has 5 nitrogen and oxygen atoms in total. The van der Waals surface area contributed by atoms with E-state index in [1.54, 1.807) is 0 Å². The SMILES string of the molecule is CCCCCCOC(=O)[C@@H](C)Oc1nc(F)c(Cl)c(N)c1Cl. The number of anilines is 1. The van der Waals surface area contributed by atoms with Crippen LogP contribution in [0.1, 0.15) is 39.5 Å². The Kier molecular flexibility index (Phi) is 7.68. The molecule has 0 aliphatic rings. The third-order valence-electron chi connectivity index (χ3n) is 2.90. The lowest BCUT2D eigenvalue weighted by Crippen LogP contribution is -2.27. The molecule has 1 rings (SSSR count). The maximum atomic E-state index is 13.4. The summed E-state index contributed by atoms with van der Waals surface area (Å²) >= 11 is 11.4. The minimum absolute atomic E-state index is 0.144. The highest BCUT2D eigenvalue weighted by molar-refractivity contribution is 6.39. The molecule has 1 heterocycles. The van der Waals surface area contributed by atoms with Crippen molar-refractivity contribution in [3.05, 3.63) is 16.0 Å². The molecule has 0 bridgehead atoms. The van der Waals surface area contributed by atoms with Gasteiger partial charge in [-0.2, -0.15) is 9.37 Å². The minimum Gasteiger partial charge on any atom is -0.463 e. The van der Waals surface area contributed by atoms with E-state index in [2.05, 4.69) is 11.9 Å². The summed E-state index contributed by atoms with van der Waals surface area (Å²) in [7, 11) is 0. The topological polar surface area (TPSA) is 74.4 Å². The molecular formula is C14H19Cl2FN2O3. The first-order valence-corrected chi connectivity index (χ1v) is 7.77. The second-order valence-electron chi connectivity index (χ2n) is 4.74. The maximum Gasteiger partial charge on any atom is 0.347 e. The van der Waals surface area contributed by atoms with Crippen LogP contribution >= 0.6 is 23.2 Å². The van der Waals surface area contributed by atoms with Crippen molar-refractivity contribution in [1.29, 1.82) is 0 Å². The number of aromatic nitrogens is 1. The van der Waals surface area contributed by atoms with Crippen LogP contribution in [-0.4, -0.2) is 23.7 Å². The number of halogens is 3. The lowest BCUT2D eigenvalue weighted by atomic mass is 10.2. The van der Waals surface area contributed by atoms with Crippen LogP contribution in [-0.2, 0) is 9.53 Å². The van der Waals surface area contributed by atoms with Crippen LogP contribution in [0.2, 0.25) is 10.0 Å². The summed E-state index contributed by atoms with van der Waals surface area (Å²) in [5.74, 6) is -1.89. The van der Waals surface area contributed by atoms with Crippen molar-refractivity contribution >= 4 is 34.9 Å². The van der Waals surface area contributed by atoms with Gasteiger partial charge in [0, 0.05) is 0 Å². The molecule has 1 aromatic rings. The van der Waals surface area contributed by atoms with Crippen molar-refractivity contribution in [1.82, 2.24) is 4.98 Å². The van der Waals surface area contributed by atoms with E-state index in [9.17, 15) is 9.18 Å². The standard InChI is InChI=1S/C14H19Cl2FN2O3/c1-3-4-5-6-7-21-14(20)8(2)22-13-10(16)11(18)9(15)12(17)19-13/h8H,3-7H2,1-2H3,(H2,18,19)/t8-/m1/s1. The van der Waals surface area contributed by atoms with Crippen LogP contribution in [0.25, 0.3) is 0 Å². The first-order chi connectivity index (χ1) is 10.4. The molecule has 0 radical (unpaired) electrons. The van der Waals surface area contributed by atoms with Crippen LogP contribution in [0.15, 0.2) is 0 Å². The number of carbonyl (C=O) groups excluding carboxylic acids is 1. The van der Waals surface area contributed by atoms with E-state index in [0.29, 0.717) is 6.61 Å². The van der Waals surface area contributed by atoms with E-state index in [1.165, 1.54) is 6.92 Å². The Morgan fingerprint density at radius 1 is 1.32 bits per heavy atom. The van der Waals surface area contributed by atoms with E-state index in [-0.39, 0.29) is 21.6 Å². The average molecular weight is 353 g/mol. The van der Waals surface area contributed by atoms with Crippen molar-refractivity contribution in [2.45, 2.75) is 45.6 Å². The molecule has 0 amide bonds. The lowest BCUT2D eigenvalue weighted by Gasteiger charge is -2.15. The number of hydrogen-bond donors (Lipinski definition) is 1. The molecular weight excluding hydrogens is 334 g/mol. The third-order valence-corrected chi connectivity index (χ3v) is 3.63. The second-order valence-corrected chi connectivity index (χ2v) is 5.49. The number of pyridine rings is 1. The van der Waals surface area contributed by atoms with Gasteiger partial charge in [-0.1, -0.05) is 49.4 Å². The van der Waals surface area contributed by atoms with Crippen molar-refractivity contribution in [3.8, 4) is 5.88 Å². The first kappa shape index (κ1) is 18.8. The van der Waals surface area contributed by atoms with Gasteiger partial charge in [0.1, 0.15) is 10.0 Å². The monoisotopic (exact) mass is 352 g/mol. The molecule has 0 aromatic carbocycles. The number of nitrogens with two attached hydrogens (primary N) is 1. The van der Waals surface area contributed by atoms with Crippen LogP contribution in [0.5, 0.6) is 5.88 Å². The van der Waals surface area contributed by atoms with Crippen LogP contribution < -0.4 is 10.5 Å². The van der Waals surface area contributed by atoms with Crippen molar-refractivity contribution < 1.29 is 18.7 Å². The van der Waals surface area contributed by atoms with E-state index < -0.39 is 18.0 Å². The molecule has 0 saturated carbocycles. The van der Waals surface area contributed by atoms with Crippen molar-refractivity contribution in [2.24, 2.45) is 0 Å². The quantitative estimate of drug-likeness (QED) is 0.434. The normalized spacial score (nSPS) is 12.0. The Balaban J connectivity index is 2.58. The number of nitrogen functional groups attached to an aromatic ring is 1. The second kappa shape index (κ2) is 9.00. The van der Waals surface area contributed by atoms with Crippen molar-refractivity contribution in [2.75, 3.05) is 12.3 Å². The molecule has 0 aliphatic carbocycles. The van der Waals surface area contributed by atoms with E-state index in [1.807, 2.05) is 0 Å². The fraction of sp³-hybridized carbons (Fsp3) is 0.571. The summed E-state index contributed by atoms with van der Waals surface area (Å²) in [6.07, 6.45) is 2.98. The molecule has 1 atom stereocenters. The van der Waals surface area contributed by atoms with Crippen LogP contribution in [0.3, 0.4) is 0 Å². The summed E-state index contributed by atoms with van der Waals surface area (Å²) in [6, 6.07) is 0. The summed E-state index contributed by atoms with van der Waals surface area (Å²) in [5, 5.41) is -0.530. The highest BCUT2D eigenvalue weighted by Gasteiger charge is 2.22. The Bertz CT molecular complexity index is 529. The van der Waals surface area contributed by atoms with Gasteiger partial charge in [-0.05, 0) is 13.3 Å². The molecule has 1 aromatic heterocycles. The minimum atomic E-state index is -1.02. The van der Waals surface area contributed by atoms with Gasteiger partial charge >= 0.3 is 5.97 Å². The lowest BCUT2D eigenvalue weighted by molar-refractivity contribution is -0.151. The summed E-state index contributed by atoms with van der Waals surface area (Å²) < 4.78 is 23.7. The molecule has 2 N–H and O–H groups in total. The van der Waals surface area contributed by atoms with Gasteiger partial charge < -0.3 is 15.2 Å². The number of nitrogens with zero attached hydrogens (tertiary/aromatic N) is 1. The van der Waals surface area contributed by atoms with Gasteiger partial charge in [-0.25, -0.2) is 4.79 Å². The summed E-state index contributed by atoms with van der Waals surface area (Å²) in [6.45, 7) is 3.86. The fourth-order valence-corrected chi connectivity index (χ4v) is 1.99. The maximum absolute atomic E-state index is 13.4. The average Bonchev–Trinajstić information content (AvgIpc) is 2.50. The van der Waals surface area contributed by atoms with Crippen LogP contribution in [0, 0.1) is 5.95 Å². The number of hydrogen-bond acceptors (Lipinski definition) is 5. The van der Waals surface area contributed by atoms with Gasteiger partial charge in [0.25, 0.3) is 0 Å².